The number of benzene rings is 1. The van der Waals surface area contributed by atoms with E-state index >= 15 is 0 Å². The van der Waals surface area contributed by atoms with Crippen LogP contribution >= 0.6 is 0 Å². The topological polar surface area (TPSA) is 38.3 Å². The summed E-state index contributed by atoms with van der Waals surface area (Å²) in [7, 11) is 0. The van der Waals surface area contributed by atoms with Crippen molar-refractivity contribution in [2.75, 3.05) is 6.54 Å². The van der Waals surface area contributed by atoms with Crippen LogP contribution in [0.15, 0.2) is 30.3 Å². The van der Waals surface area contributed by atoms with Crippen molar-refractivity contribution in [2.45, 2.75) is 32.4 Å². The summed E-state index contributed by atoms with van der Waals surface area (Å²) in [5.41, 5.74) is 1.03. The van der Waals surface area contributed by atoms with E-state index in [1.807, 2.05) is 30.3 Å². The van der Waals surface area contributed by atoms with Crippen molar-refractivity contribution in [1.82, 2.24) is 5.32 Å². The molecule has 0 radical (unpaired) electrons. The Morgan fingerprint density at radius 2 is 2.12 bits per heavy atom. The lowest BCUT2D eigenvalue weighted by Gasteiger charge is -2.26. The molecule has 1 fully saturated rings. The van der Waals surface area contributed by atoms with E-state index in [1.165, 1.54) is 0 Å². The second kappa shape index (κ2) is 5.82. The van der Waals surface area contributed by atoms with Gasteiger partial charge in [-0.2, -0.15) is 0 Å². The molecular weight excluding hydrogens is 214 g/mol. The minimum Gasteiger partial charge on any atom is -0.460 e. The molecule has 2 rings (SSSR count). The summed E-state index contributed by atoms with van der Waals surface area (Å²) in [5, 5.41) is 3.23. The molecule has 1 heterocycles. The van der Waals surface area contributed by atoms with Crippen LogP contribution in [0.1, 0.15) is 25.3 Å². The van der Waals surface area contributed by atoms with Crippen molar-refractivity contribution < 1.29 is 9.53 Å². The van der Waals surface area contributed by atoms with Crippen molar-refractivity contribution in [1.29, 1.82) is 0 Å². The molecule has 0 saturated carbocycles. The molecule has 0 aliphatic carbocycles. The molecule has 1 N–H and O–H groups in total. The van der Waals surface area contributed by atoms with Crippen LogP contribution in [0.5, 0.6) is 0 Å². The molecule has 0 unspecified atom stereocenters. The zero-order chi connectivity index (χ0) is 12.1. The van der Waals surface area contributed by atoms with Crippen LogP contribution in [0, 0.1) is 5.92 Å². The van der Waals surface area contributed by atoms with Crippen LogP contribution in [0.25, 0.3) is 0 Å². The normalized spacial score (nSPS) is 24.3. The highest BCUT2D eigenvalue weighted by molar-refractivity contribution is 5.75. The number of hydrogen-bond acceptors (Lipinski definition) is 3. The maximum atomic E-state index is 11.8. The summed E-state index contributed by atoms with van der Waals surface area (Å²) in [4.78, 5) is 11.8. The molecule has 1 aromatic rings. The van der Waals surface area contributed by atoms with Crippen LogP contribution in [0.3, 0.4) is 0 Å². The predicted octanol–water partition coefficient (Wildman–Crippen LogP) is 2.12. The minimum atomic E-state index is -0.124. The molecule has 0 amide bonds. The van der Waals surface area contributed by atoms with E-state index < -0.39 is 0 Å². The van der Waals surface area contributed by atoms with Gasteiger partial charge >= 0.3 is 5.97 Å². The number of nitrogens with one attached hydrogen (secondary N) is 1. The van der Waals surface area contributed by atoms with Gasteiger partial charge in [-0.25, -0.2) is 0 Å². The monoisotopic (exact) mass is 233 g/mol. The molecule has 0 bridgehead atoms. The molecule has 3 heteroatoms. The number of rotatable bonds is 3. The lowest BCUT2D eigenvalue weighted by Crippen LogP contribution is -2.44. The molecule has 2 atom stereocenters. The fourth-order valence-corrected chi connectivity index (χ4v) is 2.03. The van der Waals surface area contributed by atoms with Gasteiger partial charge in [0.15, 0.2) is 0 Å². The standard InChI is InChI=1S/C14H19NO2/c1-11-7-8-13(15-9-11)14(16)17-10-12-5-3-2-4-6-12/h2-6,11,13,15H,7-10H2,1H3/t11-,13+/m1/s1. The zero-order valence-corrected chi connectivity index (χ0v) is 10.2. The van der Waals surface area contributed by atoms with Crippen LogP contribution in [0.4, 0.5) is 0 Å². The Balaban J connectivity index is 1.78. The molecule has 17 heavy (non-hydrogen) atoms. The number of carbonyl (C=O) groups is 1. The van der Waals surface area contributed by atoms with Gasteiger partial charge in [0.25, 0.3) is 0 Å². The van der Waals surface area contributed by atoms with Gasteiger partial charge < -0.3 is 10.1 Å². The Morgan fingerprint density at radius 3 is 2.76 bits per heavy atom. The largest absolute Gasteiger partial charge is 0.460 e. The van der Waals surface area contributed by atoms with E-state index in [-0.39, 0.29) is 12.0 Å². The minimum absolute atomic E-state index is 0.116. The van der Waals surface area contributed by atoms with E-state index in [4.69, 9.17) is 4.74 Å². The van der Waals surface area contributed by atoms with Crippen LogP contribution in [0.2, 0.25) is 0 Å². The van der Waals surface area contributed by atoms with Crippen LogP contribution < -0.4 is 5.32 Å². The van der Waals surface area contributed by atoms with Gasteiger partial charge in [0.05, 0.1) is 0 Å². The third-order valence-electron chi connectivity index (χ3n) is 3.17. The van der Waals surface area contributed by atoms with E-state index in [2.05, 4.69) is 12.2 Å². The summed E-state index contributed by atoms with van der Waals surface area (Å²) in [6.45, 7) is 3.47. The Morgan fingerprint density at radius 1 is 1.35 bits per heavy atom. The van der Waals surface area contributed by atoms with Gasteiger partial charge in [-0.15, -0.1) is 0 Å². The van der Waals surface area contributed by atoms with Gasteiger partial charge in [-0.3, -0.25) is 4.79 Å². The average Bonchev–Trinajstić information content (AvgIpc) is 2.38. The van der Waals surface area contributed by atoms with Crippen molar-refractivity contribution >= 4 is 5.97 Å². The van der Waals surface area contributed by atoms with Crippen molar-refractivity contribution in [3.05, 3.63) is 35.9 Å². The van der Waals surface area contributed by atoms with E-state index in [1.54, 1.807) is 0 Å². The lowest BCUT2D eigenvalue weighted by molar-refractivity contribution is -0.148. The molecule has 1 aromatic carbocycles. The van der Waals surface area contributed by atoms with Gasteiger partial charge in [0, 0.05) is 0 Å². The summed E-state index contributed by atoms with van der Waals surface area (Å²) in [6, 6.07) is 9.66. The van der Waals surface area contributed by atoms with Gasteiger partial charge in [-0.05, 0) is 30.9 Å². The summed E-state index contributed by atoms with van der Waals surface area (Å²) in [5.74, 6) is 0.536. The molecule has 92 valence electrons. The highest BCUT2D eigenvalue weighted by Crippen LogP contribution is 2.14. The number of esters is 1. The lowest BCUT2D eigenvalue weighted by atomic mass is 9.96. The van der Waals surface area contributed by atoms with Crippen molar-refractivity contribution in [2.24, 2.45) is 5.92 Å². The number of ether oxygens (including phenoxy) is 1. The van der Waals surface area contributed by atoms with E-state index in [0.717, 1.165) is 24.9 Å². The maximum Gasteiger partial charge on any atom is 0.323 e. The molecular formula is C14H19NO2. The maximum absolute atomic E-state index is 11.8. The summed E-state index contributed by atoms with van der Waals surface area (Å²) < 4.78 is 5.30. The summed E-state index contributed by atoms with van der Waals surface area (Å²) >= 11 is 0. The molecule has 3 nitrogen and oxygen atoms in total. The average molecular weight is 233 g/mol. The molecule has 0 spiro atoms. The quantitative estimate of drug-likeness (QED) is 0.813. The van der Waals surface area contributed by atoms with Crippen LogP contribution in [-0.2, 0) is 16.1 Å². The highest BCUT2D eigenvalue weighted by atomic mass is 16.5. The zero-order valence-electron chi connectivity index (χ0n) is 10.2. The molecule has 1 aliphatic heterocycles. The third-order valence-corrected chi connectivity index (χ3v) is 3.17. The first kappa shape index (κ1) is 12.1. The van der Waals surface area contributed by atoms with Gasteiger partial charge in [-0.1, -0.05) is 37.3 Å². The smallest absolute Gasteiger partial charge is 0.323 e. The highest BCUT2D eigenvalue weighted by Gasteiger charge is 2.24. The number of piperidine rings is 1. The van der Waals surface area contributed by atoms with Crippen LogP contribution in [-0.4, -0.2) is 18.6 Å². The fraction of sp³-hybridized carbons (Fsp3) is 0.500. The summed E-state index contributed by atoms with van der Waals surface area (Å²) in [6.07, 6.45) is 1.98. The Kier molecular flexibility index (Phi) is 4.15. The first-order valence-electron chi connectivity index (χ1n) is 6.19. The Bertz CT molecular complexity index is 356. The Hall–Kier alpha value is -1.35. The first-order valence-corrected chi connectivity index (χ1v) is 6.19. The third kappa shape index (κ3) is 3.56. The van der Waals surface area contributed by atoms with E-state index in [0.29, 0.717) is 12.5 Å². The Labute approximate surface area is 102 Å². The SMILES string of the molecule is C[C@@H]1CC[C@@H](C(=O)OCc2ccccc2)NC1. The number of carbonyl (C=O) groups excluding carboxylic acids is 1. The first-order chi connectivity index (χ1) is 8.25. The van der Waals surface area contributed by atoms with Crippen molar-refractivity contribution in [3.8, 4) is 0 Å². The molecule has 1 saturated heterocycles. The fourth-order valence-electron chi connectivity index (χ4n) is 2.03. The van der Waals surface area contributed by atoms with E-state index in [9.17, 15) is 4.79 Å². The molecule has 1 aliphatic rings. The van der Waals surface area contributed by atoms with Gasteiger partial charge in [0.1, 0.15) is 12.6 Å². The second-order valence-electron chi connectivity index (χ2n) is 4.74. The van der Waals surface area contributed by atoms with Gasteiger partial charge in [0.2, 0.25) is 0 Å². The molecule has 0 aromatic heterocycles. The predicted molar refractivity (Wildman–Crippen MR) is 66.4 cm³/mol. The van der Waals surface area contributed by atoms with Crippen molar-refractivity contribution in [3.63, 3.8) is 0 Å². The number of hydrogen-bond donors (Lipinski definition) is 1. The second-order valence-corrected chi connectivity index (χ2v) is 4.74.